The molecule has 3 atom stereocenters. The van der Waals surface area contributed by atoms with Crippen molar-refractivity contribution in [1.29, 1.82) is 0 Å². The predicted molar refractivity (Wildman–Crippen MR) is 78.4 cm³/mol. The second-order valence-electron chi connectivity index (χ2n) is 6.06. The van der Waals surface area contributed by atoms with Crippen LogP contribution in [0.25, 0.3) is 0 Å². The molecule has 1 heterocycles. The molecule has 2 N–H and O–H groups in total. The summed E-state index contributed by atoms with van der Waals surface area (Å²) in [6.45, 7) is 10.1. The molecule has 0 aromatic rings. The zero-order valence-electron chi connectivity index (χ0n) is 12.9. The van der Waals surface area contributed by atoms with E-state index in [0.717, 1.165) is 25.9 Å². The number of likely N-dealkylation sites (tertiary alicyclic amines) is 1. The Morgan fingerprint density at radius 2 is 2.21 bits per heavy atom. The molecule has 1 rings (SSSR count). The molecule has 19 heavy (non-hydrogen) atoms. The lowest BCUT2D eigenvalue weighted by atomic mass is 9.92. The van der Waals surface area contributed by atoms with E-state index in [1.54, 1.807) is 0 Å². The highest BCUT2D eigenvalue weighted by molar-refractivity contribution is 5.78. The van der Waals surface area contributed by atoms with Gasteiger partial charge < -0.3 is 10.4 Å². The fraction of sp³-hybridized carbons (Fsp3) is 0.933. The van der Waals surface area contributed by atoms with Crippen molar-refractivity contribution in [3.8, 4) is 0 Å². The van der Waals surface area contributed by atoms with E-state index in [9.17, 15) is 9.90 Å². The Hall–Kier alpha value is -0.610. The minimum Gasteiger partial charge on any atom is -0.480 e. The number of aliphatic carboxylic acids is 1. The van der Waals surface area contributed by atoms with Crippen LogP contribution in [-0.4, -0.2) is 46.7 Å². The third-order valence-electron chi connectivity index (χ3n) is 4.40. The van der Waals surface area contributed by atoms with Crippen LogP contribution in [0.3, 0.4) is 0 Å². The molecule has 1 fully saturated rings. The van der Waals surface area contributed by atoms with Gasteiger partial charge in [0.2, 0.25) is 0 Å². The van der Waals surface area contributed by atoms with E-state index in [1.807, 2.05) is 6.92 Å². The highest BCUT2D eigenvalue weighted by Gasteiger charge is 2.37. The number of nitrogens with zero attached hydrogens (tertiary/aromatic N) is 1. The maximum atomic E-state index is 11.5. The molecule has 0 aromatic heterocycles. The van der Waals surface area contributed by atoms with Crippen LogP contribution in [0.4, 0.5) is 0 Å². The maximum Gasteiger partial charge on any atom is 0.323 e. The zero-order chi connectivity index (χ0) is 14.5. The first-order chi connectivity index (χ1) is 8.94. The van der Waals surface area contributed by atoms with Crippen LogP contribution in [0.5, 0.6) is 0 Å². The van der Waals surface area contributed by atoms with E-state index in [4.69, 9.17) is 0 Å². The van der Waals surface area contributed by atoms with Crippen LogP contribution in [0.2, 0.25) is 0 Å². The first-order valence-corrected chi connectivity index (χ1v) is 7.68. The van der Waals surface area contributed by atoms with Gasteiger partial charge in [-0.15, -0.1) is 0 Å². The second-order valence-corrected chi connectivity index (χ2v) is 6.06. The van der Waals surface area contributed by atoms with Gasteiger partial charge in [-0.25, -0.2) is 0 Å². The number of carboxylic acids is 1. The first kappa shape index (κ1) is 16.4. The Labute approximate surface area is 117 Å². The minimum absolute atomic E-state index is 0.318. The fourth-order valence-corrected chi connectivity index (χ4v) is 3.22. The van der Waals surface area contributed by atoms with Crippen molar-refractivity contribution in [1.82, 2.24) is 10.2 Å². The van der Waals surface area contributed by atoms with Gasteiger partial charge in [-0.3, -0.25) is 9.69 Å². The van der Waals surface area contributed by atoms with Crippen molar-refractivity contribution in [2.45, 2.75) is 77.4 Å². The average Bonchev–Trinajstić information content (AvgIpc) is 2.84. The van der Waals surface area contributed by atoms with Gasteiger partial charge in [0.15, 0.2) is 0 Å². The molecule has 0 radical (unpaired) electrons. The van der Waals surface area contributed by atoms with E-state index in [0.29, 0.717) is 18.5 Å². The maximum absolute atomic E-state index is 11.5. The Balaban J connectivity index is 2.65. The molecule has 4 nitrogen and oxygen atoms in total. The van der Waals surface area contributed by atoms with Crippen molar-refractivity contribution in [3.05, 3.63) is 0 Å². The van der Waals surface area contributed by atoms with E-state index in [-0.39, 0.29) is 0 Å². The second kappa shape index (κ2) is 7.25. The lowest BCUT2D eigenvalue weighted by Crippen LogP contribution is -2.54. The molecule has 0 aliphatic carbocycles. The summed E-state index contributed by atoms with van der Waals surface area (Å²) >= 11 is 0. The largest absolute Gasteiger partial charge is 0.480 e. The molecule has 1 saturated heterocycles. The SMILES string of the molecule is CCCNC(C)(CC(C)N1CCCC1CC)C(=O)O. The van der Waals surface area contributed by atoms with Gasteiger partial charge in [-0.1, -0.05) is 13.8 Å². The molecule has 1 aliphatic heterocycles. The monoisotopic (exact) mass is 270 g/mol. The quantitative estimate of drug-likeness (QED) is 0.711. The molecule has 112 valence electrons. The number of hydrogen-bond donors (Lipinski definition) is 2. The van der Waals surface area contributed by atoms with Gasteiger partial charge in [-0.2, -0.15) is 0 Å². The lowest BCUT2D eigenvalue weighted by Gasteiger charge is -2.36. The highest BCUT2D eigenvalue weighted by atomic mass is 16.4. The molecule has 0 aromatic carbocycles. The smallest absolute Gasteiger partial charge is 0.323 e. The normalized spacial score (nSPS) is 25.2. The van der Waals surface area contributed by atoms with E-state index < -0.39 is 11.5 Å². The summed E-state index contributed by atoms with van der Waals surface area (Å²) in [4.78, 5) is 14.0. The topological polar surface area (TPSA) is 52.6 Å². The van der Waals surface area contributed by atoms with Crippen LogP contribution in [-0.2, 0) is 4.79 Å². The van der Waals surface area contributed by atoms with Gasteiger partial charge in [-0.05, 0) is 59.0 Å². The molecule has 4 heteroatoms. The number of nitrogens with one attached hydrogen (secondary N) is 1. The molecule has 3 unspecified atom stereocenters. The molecular weight excluding hydrogens is 240 g/mol. The van der Waals surface area contributed by atoms with Crippen molar-refractivity contribution >= 4 is 5.97 Å². The molecule has 0 spiro atoms. The van der Waals surface area contributed by atoms with E-state index >= 15 is 0 Å². The van der Waals surface area contributed by atoms with Crippen LogP contribution in [0.1, 0.15) is 59.8 Å². The van der Waals surface area contributed by atoms with Gasteiger partial charge in [0.1, 0.15) is 5.54 Å². The summed E-state index contributed by atoms with van der Waals surface area (Å²) < 4.78 is 0. The first-order valence-electron chi connectivity index (χ1n) is 7.68. The van der Waals surface area contributed by atoms with Crippen LogP contribution in [0, 0.1) is 0 Å². The summed E-state index contributed by atoms with van der Waals surface area (Å²) in [7, 11) is 0. The van der Waals surface area contributed by atoms with Crippen molar-refractivity contribution in [2.24, 2.45) is 0 Å². The third-order valence-corrected chi connectivity index (χ3v) is 4.40. The summed E-state index contributed by atoms with van der Waals surface area (Å²) in [5, 5.41) is 12.7. The molecular formula is C15H30N2O2. The minimum atomic E-state index is -0.809. The van der Waals surface area contributed by atoms with Gasteiger partial charge in [0.25, 0.3) is 0 Å². The fourth-order valence-electron chi connectivity index (χ4n) is 3.22. The van der Waals surface area contributed by atoms with Crippen molar-refractivity contribution in [3.63, 3.8) is 0 Å². The molecule has 1 aliphatic rings. The van der Waals surface area contributed by atoms with Crippen LogP contribution < -0.4 is 5.32 Å². The number of hydrogen-bond acceptors (Lipinski definition) is 3. The Morgan fingerprint density at radius 3 is 2.74 bits per heavy atom. The molecule has 0 saturated carbocycles. The Bertz CT molecular complexity index is 296. The average molecular weight is 270 g/mol. The van der Waals surface area contributed by atoms with E-state index in [2.05, 4.69) is 31.0 Å². The predicted octanol–water partition coefficient (Wildman–Crippen LogP) is 2.48. The summed E-state index contributed by atoms with van der Waals surface area (Å²) in [6, 6.07) is 0.956. The Kier molecular flexibility index (Phi) is 6.27. The highest BCUT2D eigenvalue weighted by Crippen LogP contribution is 2.26. The van der Waals surface area contributed by atoms with Crippen LogP contribution in [0.15, 0.2) is 0 Å². The number of carbonyl (C=O) groups is 1. The van der Waals surface area contributed by atoms with Crippen LogP contribution >= 0.6 is 0 Å². The third kappa shape index (κ3) is 4.18. The van der Waals surface area contributed by atoms with E-state index in [1.165, 1.54) is 12.8 Å². The van der Waals surface area contributed by atoms with Gasteiger partial charge in [0.05, 0.1) is 0 Å². The summed E-state index contributed by atoms with van der Waals surface area (Å²) in [5.74, 6) is -0.736. The van der Waals surface area contributed by atoms with Crippen molar-refractivity contribution < 1.29 is 9.90 Å². The summed E-state index contributed by atoms with van der Waals surface area (Å²) in [6.07, 6.45) is 5.29. The molecule has 0 amide bonds. The Morgan fingerprint density at radius 1 is 1.53 bits per heavy atom. The standard InChI is InChI=1S/C15H30N2O2/c1-5-9-16-15(4,14(18)19)11-12(3)17-10-7-8-13(17)6-2/h12-13,16H,5-11H2,1-4H3,(H,18,19). The summed E-state index contributed by atoms with van der Waals surface area (Å²) in [5.41, 5.74) is -0.809. The lowest BCUT2D eigenvalue weighted by molar-refractivity contribution is -0.145. The number of carboxylic acid groups (broad SMARTS) is 1. The van der Waals surface area contributed by atoms with Gasteiger partial charge in [0, 0.05) is 12.1 Å². The van der Waals surface area contributed by atoms with Gasteiger partial charge >= 0.3 is 5.97 Å². The number of rotatable bonds is 8. The zero-order valence-corrected chi connectivity index (χ0v) is 12.9. The molecule has 0 bridgehead atoms. The van der Waals surface area contributed by atoms with Crippen molar-refractivity contribution in [2.75, 3.05) is 13.1 Å².